The van der Waals surface area contributed by atoms with Crippen LogP contribution < -0.4 is 10.2 Å². The summed E-state index contributed by atoms with van der Waals surface area (Å²) in [7, 11) is 0. The van der Waals surface area contributed by atoms with E-state index in [1.807, 2.05) is 4.90 Å². The zero-order valence-corrected chi connectivity index (χ0v) is 18.7. The molecule has 0 aromatic carbocycles. The van der Waals surface area contributed by atoms with Gasteiger partial charge in [0.15, 0.2) is 5.82 Å². The minimum absolute atomic E-state index is 0.0178. The summed E-state index contributed by atoms with van der Waals surface area (Å²) in [5.74, 6) is 0.469. The molecule has 0 radical (unpaired) electrons. The molecule has 8 nitrogen and oxygen atoms in total. The van der Waals surface area contributed by atoms with Crippen LogP contribution in [0.1, 0.15) is 36.3 Å². The molecule has 0 atom stereocenters. The lowest BCUT2D eigenvalue weighted by molar-refractivity contribution is -0.141. The Kier molecular flexibility index (Phi) is 6.86. The summed E-state index contributed by atoms with van der Waals surface area (Å²) in [6, 6.07) is 3.67. The molecule has 4 heterocycles. The van der Waals surface area contributed by atoms with Crippen molar-refractivity contribution in [2.24, 2.45) is 5.41 Å². The van der Waals surface area contributed by atoms with Crippen molar-refractivity contribution in [1.29, 1.82) is 5.41 Å². The van der Waals surface area contributed by atoms with E-state index in [9.17, 15) is 26.7 Å². The van der Waals surface area contributed by atoms with Gasteiger partial charge in [0.05, 0.1) is 25.0 Å². The molecule has 13 heteroatoms. The molecular formula is C22H24F5N7O. The number of amides is 1. The van der Waals surface area contributed by atoms with Gasteiger partial charge in [-0.25, -0.2) is 23.7 Å². The fourth-order valence-electron chi connectivity index (χ4n) is 4.54. The van der Waals surface area contributed by atoms with Gasteiger partial charge >= 0.3 is 6.18 Å². The minimum atomic E-state index is -4.55. The van der Waals surface area contributed by atoms with Gasteiger partial charge in [-0.1, -0.05) is 6.07 Å². The van der Waals surface area contributed by atoms with Gasteiger partial charge in [-0.3, -0.25) is 4.79 Å². The highest BCUT2D eigenvalue weighted by molar-refractivity contribution is 5.82. The van der Waals surface area contributed by atoms with Gasteiger partial charge in [-0.15, -0.1) is 0 Å². The van der Waals surface area contributed by atoms with Gasteiger partial charge in [-0.2, -0.15) is 13.2 Å². The Morgan fingerprint density at radius 3 is 2.60 bits per heavy atom. The van der Waals surface area contributed by atoms with Gasteiger partial charge < -0.3 is 20.5 Å². The second-order valence-electron chi connectivity index (χ2n) is 8.80. The van der Waals surface area contributed by atoms with E-state index in [1.54, 1.807) is 4.90 Å². The van der Waals surface area contributed by atoms with E-state index < -0.39 is 24.8 Å². The Hall–Kier alpha value is -3.38. The first-order valence-electron chi connectivity index (χ1n) is 11.0. The van der Waals surface area contributed by atoms with Crippen LogP contribution in [0.5, 0.6) is 0 Å². The highest BCUT2D eigenvalue weighted by atomic mass is 19.4. The highest BCUT2D eigenvalue weighted by Crippen LogP contribution is 2.42. The SMILES string of the molecule is N=Cc1ncc(N2CCC3(CC2)CC(=O)N(Cc2cccc(C(F)(F)F)n2)C3)nc1NCC(F)F. The van der Waals surface area contributed by atoms with Crippen LogP contribution in [0.2, 0.25) is 0 Å². The van der Waals surface area contributed by atoms with E-state index in [0.29, 0.717) is 44.7 Å². The lowest BCUT2D eigenvalue weighted by atomic mass is 9.77. The fourth-order valence-corrected chi connectivity index (χ4v) is 4.54. The van der Waals surface area contributed by atoms with E-state index in [0.717, 1.165) is 12.3 Å². The first-order chi connectivity index (χ1) is 16.6. The third-order valence-corrected chi connectivity index (χ3v) is 6.35. The summed E-state index contributed by atoms with van der Waals surface area (Å²) in [6.45, 7) is 0.938. The third-order valence-electron chi connectivity index (χ3n) is 6.35. The van der Waals surface area contributed by atoms with Crippen LogP contribution in [0.4, 0.5) is 33.6 Å². The normalized spacial score (nSPS) is 17.9. The first kappa shape index (κ1) is 24.7. The van der Waals surface area contributed by atoms with Gasteiger partial charge in [0.25, 0.3) is 6.43 Å². The number of carbonyl (C=O) groups excluding carboxylic acids is 1. The Balaban J connectivity index is 1.40. The van der Waals surface area contributed by atoms with Crippen molar-refractivity contribution in [2.45, 2.75) is 38.4 Å². The maximum atomic E-state index is 13.0. The van der Waals surface area contributed by atoms with Crippen LogP contribution in [0.25, 0.3) is 0 Å². The molecule has 0 aliphatic carbocycles. The van der Waals surface area contributed by atoms with E-state index in [2.05, 4.69) is 20.3 Å². The Morgan fingerprint density at radius 1 is 1.20 bits per heavy atom. The molecule has 1 amide bonds. The molecule has 2 N–H and O–H groups in total. The van der Waals surface area contributed by atoms with Crippen molar-refractivity contribution in [2.75, 3.05) is 36.4 Å². The number of anilines is 2. The fraction of sp³-hybridized carbons (Fsp3) is 0.500. The number of hydrogen-bond acceptors (Lipinski definition) is 7. The number of pyridine rings is 1. The summed E-state index contributed by atoms with van der Waals surface area (Å²) in [4.78, 5) is 28.3. The summed E-state index contributed by atoms with van der Waals surface area (Å²) in [5, 5.41) is 9.90. The third kappa shape index (κ3) is 5.65. The average Bonchev–Trinajstić information content (AvgIpc) is 3.11. The standard InChI is InChI=1S/C22H24F5N7O/c23-17(24)10-30-20-15(9-28)29-11-18(32-20)33-6-4-21(5-7-33)8-19(35)34(13-21)12-14-2-1-3-16(31-14)22(25,26)27/h1-3,9,11,17,28H,4-8,10,12-13H2,(H,30,32). The first-order valence-corrected chi connectivity index (χ1v) is 11.0. The number of piperidine rings is 1. The van der Waals surface area contributed by atoms with Crippen molar-refractivity contribution in [3.05, 3.63) is 41.5 Å². The molecule has 2 aromatic heterocycles. The predicted octanol–water partition coefficient (Wildman–Crippen LogP) is 3.58. The van der Waals surface area contributed by atoms with Gasteiger partial charge in [-0.05, 0) is 25.0 Å². The molecule has 2 aliphatic rings. The molecule has 0 saturated carbocycles. The van der Waals surface area contributed by atoms with Crippen LogP contribution in [-0.2, 0) is 17.5 Å². The number of likely N-dealkylation sites (tertiary alicyclic amines) is 1. The minimum Gasteiger partial charge on any atom is -0.362 e. The van der Waals surface area contributed by atoms with Crippen LogP contribution in [0.15, 0.2) is 24.4 Å². The van der Waals surface area contributed by atoms with Crippen LogP contribution in [0.3, 0.4) is 0 Å². The van der Waals surface area contributed by atoms with Crippen molar-refractivity contribution in [1.82, 2.24) is 19.9 Å². The van der Waals surface area contributed by atoms with Crippen LogP contribution in [-0.4, -0.2) is 64.6 Å². The van der Waals surface area contributed by atoms with Crippen molar-refractivity contribution in [3.63, 3.8) is 0 Å². The number of halogens is 5. The molecular weight excluding hydrogens is 473 g/mol. The molecule has 35 heavy (non-hydrogen) atoms. The second kappa shape index (κ2) is 9.70. The van der Waals surface area contributed by atoms with E-state index in [4.69, 9.17) is 5.41 Å². The summed E-state index contributed by atoms with van der Waals surface area (Å²) >= 11 is 0. The number of rotatable bonds is 7. The van der Waals surface area contributed by atoms with Gasteiger partial charge in [0.2, 0.25) is 5.91 Å². The van der Waals surface area contributed by atoms with Gasteiger partial charge in [0, 0.05) is 37.7 Å². The zero-order valence-electron chi connectivity index (χ0n) is 18.7. The van der Waals surface area contributed by atoms with Crippen molar-refractivity contribution < 1.29 is 26.7 Å². The number of aromatic nitrogens is 3. The smallest absolute Gasteiger partial charge is 0.362 e. The maximum absolute atomic E-state index is 13.0. The lowest BCUT2D eigenvalue weighted by Gasteiger charge is -2.39. The van der Waals surface area contributed by atoms with Crippen molar-refractivity contribution >= 4 is 23.8 Å². The monoisotopic (exact) mass is 497 g/mol. The molecule has 4 rings (SSSR count). The van der Waals surface area contributed by atoms with E-state index in [1.165, 1.54) is 18.3 Å². The Morgan fingerprint density at radius 2 is 1.94 bits per heavy atom. The zero-order chi connectivity index (χ0) is 25.2. The van der Waals surface area contributed by atoms with Crippen molar-refractivity contribution in [3.8, 4) is 0 Å². The molecule has 2 aromatic rings. The largest absolute Gasteiger partial charge is 0.433 e. The summed E-state index contributed by atoms with van der Waals surface area (Å²) < 4.78 is 64.1. The maximum Gasteiger partial charge on any atom is 0.433 e. The molecule has 2 aliphatic heterocycles. The van der Waals surface area contributed by atoms with E-state index in [-0.39, 0.29) is 35.1 Å². The average molecular weight is 497 g/mol. The summed E-state index contributed by atoms with van der Waals surface area (Å²) in [5.41, 5.74) is -0.938. The highest BCUT2D eigenvalue weighted by Gasteiger charge is 2.45. The molecule has 2 saturated heterocycles. The Labute approximate surface area is 198 Å². The van der Waals surface area contributed by atoms with Crippen LogP contribution in [0, 0.1) is 10.8 Å². The van der Waals surface area contributed by atoms with E-state index >= 15 is 0 Å². The summed E-state index contributed by atoms with van der Waals surface area (Å²) in [6.07, 6.45) is -3.10. The molecule has 2 fully saturated rings. The molecule has 188 valence electrons. The quantitative estimate of drug-likeness (QED) is 0.448. The Bertz CT molecular complexity index is 1090. The number of hydrogen-bond donors (Lipinski definition) is 2. The predicted molar refractivity (Wildman–Crippen MR) is 118 cm³/mol. The molecule has 1 spiro atoms. The molecule has 0 bridgehead atoms. The number of nitrogens with zero attached hydrogens (tertiary/aromatic N) is 5. The molecule has 0 unspecified atom stereocenters. The number of carbonyl (C=O) groups is 1. The van der Waals surface area contributed by atoms with Gasteiger partial charge in [0.1, 0.15) is 17.2 Å². The number of alkyl halides is 5. The second-order valence-corrected chi connectivity index (χ2v) is 8.80. The topological polar surface area (TPSA) is 98.1 Å². The lowest BCUT2D eigenvalue weighted by Crippen LogP contribution is -2.42. The number of nitrogens with one attached hydrogen (secondary N) is 2. The van der Waals surface area contributed by atoms with Crippen LogP contribution >= 0.6 is 0 Å².